The lowest BCUT2D eigenvalue weighted by Gasteiger charge is -2.25. The van der Waals surface area contributed by atoms with Crippen molar-refractivity contribution < 1.29 is 0 Å². The molecule has 5 heteroatoms. The third-order valence-corrected chi connectivity index (χ3v) is 10.7. The Morgan fingerprint density at radius 1 is 0.345 bits per heavy atom. The highest BCUT2D eigenvalue weighted by molar-refractivity contribution is 5.81. The lowest BCUT2D eigenvalue weighted by Crippen LogP contribution is -2.08. The van der Waals surface area contributed by atoms with Gasteiger partial charge >= 0.3 is 0 Å². The average molecular weight is 744 g/mol. The van der Waals surface area contributed by atoms with Gasteiger partial charge in [-0.1, -0.05) is 200 Å². The first-order chi connectivity index (χ1) is 28.7. The topological polar surface area (TPSA) is 64.5 Å². The molecule has 2 aliphatic rings. The van der Waals surface area contributed by atoms with Gasteiger partial charge in [-0.2, -0.15) is 0 Å². The summed E-state index contributed by atoms with van der Waals surface area (Å²) in [6, 6.07) is 60.1. The molecule has 0 fully saturated rings. The van der Waals surface area contributed by atoms with E-state index in [0.29, 0.717) is 17.5 Å². The number of allylic oxidation sites excluding steroid dienone is 8. The second kappa shape index (κ2) is 15.5. The number of nitrogens with zero attached hydrogens (tertiary/aromatic N) is 5. The second-order valence-electron chi connectivity index (χ2n) is 14.5. The summed E-state index contributed by atoms with van der Waals surface area (Å²) in [5.74, 6) is 2.97. The molecule has 58 heavy (non-hydrogen) atoms. The molecular formula is C53H37N5. The molecule has 5 nitrogen and oxygen atoms in total. The van der Waals surface area contributed by atoms with Crippen molar-refractivity contribution in [3.05, 3.63) is 223 Å². The van der Waals surface area contributed by atoms with Gasteiger partial charge in [0.1, 0.15) is 0 Å². The molecule has 0 saturated heterocycles. The molecule has 6 aromatic carbocycles. The average Bonchev–Trinajstić information content (AvgIpc) is 3.32. The van der Waals surface area contributed by atoms with Gasteiger partial charge in [-0.15, -0.1) is 0 Å². The van der Waals surface area contributed by atoms with Gasteiger partial charge in [0, 0.05) is 39.3 Å². The van der Waals surface area contributed by atoms with Crippen LogP contribution in [0.3, 0.4) is 0 Å². The minimum atomic E-state index is 0.286. The van der Waals surface area contributed by atoms with Gasteiger partial charge in [-0.25, -0.2) is 24.9 Å². The van der Waals surface area contributed by atoms with E-state index in [-0.39, 0.29) is 5.92 Å². The number of aromatic nitrogens is 5. The van der Waals surface area contributed by atoms with Crippen LogP contribution in [0.5, 0.6) is 0 Å². The molecule has 0 saturated carbocycles. The maximum Gasteiger partial charge on any atom is 0.164 e. The van der Waals surface area contributed by atoms with E-state index >= 15 is 0 Å². The highest BCUT2D eigenvalue weighted by atomic mass is 15.0. The Morgan fingerprint density at radius 2 is 0.741 bits per heavy atom. The Bertz CT molecular complexity index is 2750. The fourth-order valence-electron chi connectivity index (χ4n) is 7.62. The van der Waals surface area contributed by atoms with E-state index in [1.54, 1.807) is 0 Å². The van der Waals surface area contributed by atoms with Crippen molar-refractivity contribution in [2.45, 2.75) is 6.42 Å². The highest BCUT2D eigenvalue weighted by Crippen LogP contribution is 2.39. The first-order valence-corrected chi connectivity index (χ1v) is 19.6. The summed E-state index contributed by atoms with van der Waals surface area (Å²) in [7, 11) is 0. The smallest absolute Gasteiger partial charge is 0.164 e. The first kappa shape index (κ1) is 34.8. The number of benzene rings is 6. The fraction of sp³-hybridized carbons (Fsp3) is 0.0377. The van der Waals surface area contributed by atoms with E-state index in [4.69, 9.17) is 24.9 Å². The van der Waals surface area contributed by atoms with Crippen molar-refractivity contribution in [1.29, 1.82) is 0 Å². The molecule has 0 radical (unpaired) electrons. The van der Waals surface area contributed by atoms with Crippen LogP contribution < -0.4 is 0 Å². The van der Waals surface area contributed by atoms with Crippen LogP contribution in [0, 0.1) is 5.92 Å². The maximum atomic E-state index is 5.03. The van der Waals surface area contributed by atoms with Gasteiger partial charge < -0.3 is 0 Å². The Kier molecular flexibility index (Phi) is 9.30. The summed E-state index contributed by atoms with van der Waals surface area (Å²) in [5, 5.41) is 0. The lowest BCUT2D eigenvalue weighted by atomic mass is 9.79. The van der Waals surface area contributed by atoms with Crippen LogP contribution in [-0.4, -0.2) is 24.9 Å². The third-order valence-electron chi connectivity index (χ3n) is 10.7. The van der Waals surface area contributed by atoms with Gasteiger partial charge in [0.25, 0.3) is 0 Å². The molecule has 2 heterocycles. The minimum Gasteiger partial charge on any atom is -0.228 e. The molecule has 0 aliphatic heterocycles. The third kappa shape index (κ3) is 7.25. The predicted molar refractivity (Wildman–Crippen MR) is 236 cm³/mol. The summed E-state index contributed by atoms with van der Waals surface area (Å²) in [6.45, 7) is 0. The SMILES string of the molecule is C1=CC2=CC=C(c3ccc(-c4cc(-c5ccccc5)nc(-c5ccccc5)n4)cc3)CC2C=C1c1ccc(-c2nc(-c3ccccc3)nc(-c3ccccc3)n2)cc1. The summed E-state index contributed by atoms with van der Waals surface area (Å²) in [6.07, 6.45) is 12.4. The number of fused-ring (bicyclic) bond motifs is 1. The van der Waals surface area contributed by atoms with E-state index < -0.39 is 0 Å². The van der Waals surface area contributed by atoms with Gasteiger partial charge in [0.2, 0.25) is 0 Å². The fourth-order valence-corrected chi connectivity index (χ4v) is 7.62. The number of hydrogen-bond donors (Lipinski definition) is 0. The molecule has 1 atom stereocenters. The Labute approximate surface area is 338 Å². The van der Waals surface area contributed by atoms with Gasteiger partial charge in [-0.05, 0) is 40.3 Å². The van der Waals surface area contributed by atoms with Crippen LogP contribution in [-0.2, 0) is 0 Å². The summed E-state index contributed by atoms with van der Waals surface area (Å²) in [4.78, 5) is 24.7. The molecule has 0 spiro atoms. The van der Waals surface area contributed by atoms with Crippen LogP contribution in [0.15, 0.2) is 212 Å². The number of rotatable bonds is 8. The summed E-state index contributed by atoms with van der Waals surface area (Å²) in [5.41, 5.74) is 14.0. The molecule has 1 unspecified atom stereocenters. The van der Waals surface area contributed by atoms with E-state index in [1.165, 1.54) is 22.3 Å². The Balaban J connectivity index is 0.893. The highest BCUT2D eigenvalue weighted by Gasteiger charge is 2.21. The van der Waals surface area contributed by atoms with Crippen molar-refractivity contribution in [2.24, 2.45) is 5.92 Å². The van der Waals surface area contributed by atoms with E-state index in [0.717, 1.165) is 62.6 Å². The zero-order chi connectivity index (χ0) is 38.7. The molecule has 2 aromatic heterocycles. The van der Waals surface area contributed by atoms with Gasteiger partial charge in [0.15, 0.2) is 23.3 Å². The van der Waals surface area contributed by atoms with Gasteiger partial charge in [0.05, 0.1) is 11.4 Å². The molecule has 8 aromatic rings. The van der Waals surface area contributed by atoms with Gasteiger partial charge in [-0.3, -0.25) is 0 Å². The zero-order valence-corrected chi connectivity index (χ0v) is 31.7. The van der Waals surface area contributed by atoms with E-state index in [9.17, 15) is 0 Å². The van der Waals surface area contributed by atoms with Crippen molar-refractivity contribution in [3.63, 3.8) is 0 Å². The molecule has 10 rings (SSSR count). The van der Waals surface area contributed by atoms with Crippen molar-refractivity contribution in [1.82, 2.24) is 24.9 Å². The molecular weight excluding hydrogens is 707 g/mol. The predicted octanol–water partition coefficient (Wildman–Crippen LogP) is 12.6. The van der Waals surface area contributed by atoms with E-state index in [1.807, 2.05) is 97.1 Å². The van der Waals surface area contributed by atoms with Crippen LogP contribution in [0.4, 0.5) is 0 Å². The normalized spacial score (nSPS) is 14.6. The second-order valence-corrected chi connectivity index (χ2v) is 14.5. The molecule has 274 valence electrons. The molecule has 0 N–H and O–H groups in total. The Hall–Kier alpha value is -7.63. The largest absolute Gasteiger partial charge is 0.228 e. The molecule has 0 amide bonds. The monoisotopic (exact) mass is 743 g/mol. The summed E-state index contributed by atoms with van der Waals surface area (Å²) >= 11 is 0. The van der Waals surface area contributed by atoms with Crippen LogP contribution in [0.1, 0.15) is 17.5 Å². The first-order valence-electron chi connectivity index (χ1n) is 19.6. The van der Waals surface area contributed by atoms with Crippen LogP contribution >= 0.6 is 0 Å². The Morgan fingerprint density at radius 3 is 1.26 bits per heavy atom. The van der Waals surface area contributed by atoms with E-state index in [2.05, 4.69) is 109 Å². The van der Waals surface area contributed by atoms with Crippen LogP contribution in [0.2, 0.25) is 0 Å². The quantitative estimate of drug-likeness (QED) is 0.155. The van der Waals surface area contributed by atoms with Crippen molar-refractivity contribution in [2.75, 3.05) is 0 Å². The standard InChI is InChI=1S/C53H37N5/c1-5-13-39(14-6-1)48-35-49(55-50(54-48)41-15-7-2-8-16-41)40-27-21-36(22-28-40)45-31-25-38-26-32-46(34-47(38)33-45)37-23-29-44(30-24-37)53-57-51(42-17-9-3-10-18-42)56-52(58-53)43-19-11-4-12-20-43/h1-32,34-35,47H,33H2. The number of hydrogen-bond acceptors (Lipinski definition) is 5. The molecule has 2 aliphatic carbocycles. The zero-order valence-electron chi connectivity index (χ0n) is 31.7. The minimum absolute atomic E-state index is 0.286. The summed E-state index contributed by atoms with van der Waals surface area (Å²) < 4.78 is 0. The van der Waals surface area contributed by atoms with Crippen LogP contribution in [0.25, 0.3) is 79.2 Å². The van der Waals surface area contributed by atoms with Crippen molar-refractivity contribution >= 4 is 11.1 Å². The maximum absolute atomic E-state index is 5.03. The lowest BCUT2D eigenvalue weighted by molar-refractivity contribution is 0.795. The van der Waals surface area contributed by atoms with Crippen molar-refractivity contribution in [3.8, 4) is 68.1 Å². The molecule has 0 bridgehead atoms.